The molecule has 1 N–H and O–H groups in total. The molecule has 2 amide bonds. The number of anilines is 1. The van der Waals surface area contributed by atoms with Crippen LogP contribution in [0.5, 0.6) is 0 Å². The van der Waals surface area contributed by atoms with Crippen LogP contribution in [0, 0.1) is 0 Å². The van der Waals surface area contributed by atoms with Crippen LogP contribution in [-0.4, -0.2) is 52.2 Å². The van der Waals surface area contributed by atoms with Crippen molar-refractivity contribution in [1.29, 1.82) is 0 Å². The number of esters is 1. The number of amides is 2. The fourth-order valence-electron chi connectivity index (χ4n) is 3.25. The molecule has 1 heterocycles. The summed E-state index contributed by atoms with van der Waals surface area (Å²) in [5.41, 5.74) is 1.14. The van der Waals surface area contributed by atoms with E-state index in [0.717, 1.165) is 18.5 Å². The molecule has 0 aliphatic rings. The predicted molar refractivity (Wildman–Crippen MR) is 138 cm³/mol. The van der Waals surface area contributed by atoms with E-state index in [9.17, 15) is 14.4 Å². The van der Waals surface area contributed by atoms with E-state index in [1.165, 1.54) is 4.90 Å². The molecule has 2 aromatic rings. The number of carbonyl (C=O) groups excluding carboxylic acids is 3. The topological polar surface area (TPSA) is 93.5 Å². The molecule has 192 valence electrons. The quantitative estimate of drug-likeness (QED) is 0.397. The minimum absolute atomic E-state index is 0.00872. The van der Waals surface area contributed by atoms with Gasteiger partial charge >= 0.3 is 5.97 Å². The molecule has 2 rings (SSSR count). The summed E-state index contributed by atoms with van der Waals surface area (Å²) in [4.78, 5) is 38.9. The van der Waals surface area contributed by atoms with E-state index in [2.05, 4.69) is 10.4 Å². The van der Waals surface area contributed by atoms with Crippen molar-refractivity contribution < 1.29 is 19.1 Å². The van der Waals surface area contributed by atoms with E-state index in [4.69, 9.17) is 27.9 Å². The highest BCUT2D eigenvalue weighted by Gasteiger charge is 2.23. The fraction of sp³-hybridized carbons (Fsp3) is 0.520. The van der Waals surface area contributed by atoms with Crippen molar-refractivity contribution in [1.82, 2.24) is 14.7 Å². The van der Waals surface area contributed by atoms with Crippen molar-refractivity contribution in [2.75, 3.05) is 25.0 Å². The first-order valence-electron chi connectivity index (χ1n) is 11.8. The third-order valence-electron chi connectivity index (χ3n) is 5.21. The van der Waals surface area contributed by atoms with E-state index in [1.807, 2.05) is 27.7 Å². The number of nitrogens with one attached hydrogen (secondary N) is 1. The average Bonchev–Trinajstić information content (AvgIpc) is 3.21. The number of benzene rings is 1. The smallest absolute Gasteiger partial charge is 0.306 e. The molecule has 0 bridgehead atoms. The summed E-state index contributed by atoms with van der Waals surface area (Å²) in [7, 11) is 0. The van der Waals surface area contributed by atoms with E-state index in [1.54, 1.807) is 35.9 Å². The van der Waals surface area contributed by atoms with E-state index in [0.29, 0.717) is 28.1 Å². The number of hydrogen-bond acceptors (Lipinski definition) is 5. The maximum Gasteiger partial charge on any atom is 0.306 e. The van der Waals surface area contributed by atoms with Crippen molar-refractivity contribution in [2.24, 2.45) is 0 Å². The molecule has 0 spiro atoms. The summed E-state index contributed by atoms with van der Waals surface area (Å²) >= 11 is 12.3. The zero-order valence-corrected chi connectivity index (χ0v) is 22.5. The van der Waals surface area contributed by atoms with Crippen LogP contribution in [0.2, 0.25) is 10.0 Å². The fourth-order valence-corrected chi connectivity index (χ4v) is 3.54. The van der Waals surface area contributed by atoms with Gasteiger partial charge < -0.3 is 15.0 Å². The largest absolute Gasteiger partial charge is 0.466 e. The van der Waals surface area contributed by atoms with Gasteiger partial charge in [-0.3, -0.25) is 14.4 Å². The maximum absolute atomic E-state index is 13.0. The summed E-state index contributed by atoms with van der Waals surface area (Å²) in [6.45, 7) is 10.3. The maximum atomic E-state index is 13.0. The van der Waals surface area contributed by atoms with Gasteiger partial charge in [-0.15, -0.1) is 0 Å². The Bertz CT molecular complexity index is 1050. The number of hydrogen-bond donors (Lipinski definition) is 1. The first-order valence-corrected chi connectivity index (χ1v) is 12.5. The highest BCUT2D eigenvalue weighted by Crippen LogP contribution is 2.29. The molecular weight excluding hydrogens is 491 g/mol. The Morgan fingerprint density at radius 2 is 1.80 bits per heavy atom. The van der Waals surface area contributed by atoms with E-state index in [-0.39, 0.29) is 43.2 Å². The lowest BCUT2D eigenvalue weighted by Gasteiger charge is -2.22. The summed E-state index contributed by atoms with van der Waals surface area (Å²) in [6, 6.07) is 6.90. The Morgan fingerprint density at radius 1 is 1.09 bits per heavy atom. The van der Waals surface area contributed by atoms with Gasteiger partial charge in [-0.2, -0.15) is 5.10 Å². The van der Waals surface area contributed by atoms with Crippen molar-refractivity contribution in [3.05, 3.63) is 40.0 Å². The molecule has 0 radical (unpaired) electrons. The Balaban J connectivity index is 2.23. The van der Waals surface area contributed by atoms with Gasteiger partial charge in [0, 0.05) is 24.4 Å². The second-order valence-corrected chi connectivity index (χ2v) is 10.0. The number of ether oxygens (including phenoxy) is 1. The molecule has 35 heavy (non-hydrogen) atoms. The van der Waals surface area contributed by atoms with Crippen LogP contribution < -0.4 is 5.32 Å². The minimum atomic E-state index is -0.430. The molecule has 8 nitrogen and oxygen atoms in total. The van der Waals surface area contributed by atoms with Crippen LogP contribution in [0.3, 0.4) is 0 Å². The van der Waals surface area contributed by atoms with Crippen LogP contribution in [0.15, 0.2) is 24.3 Å². The van der Waals surface area contributed by atoms with Gasteiger partial charge in [0.25, 0.3) is 0 Å². The Kier molecular flexibility index (Phi) is 10.6. The summed E-state index contributed by atoms with van der Waals surface area (Å²) in [5.74, 6) is -0.615. The Labute approximate surface area is 216 Å². The number of carbonyl (C=O) groups is 3. The van der Waals surface area contributed by atoms with Gasteiger partial charge in [0.2, 0.25) is 11.8 Å². The number of aromatic nitrogens is 2. The summed E-state index contributed by atoms with van der Waals surface area (Å²) in [5, 5.41) is 8.34. The van der Waals surface area contributed by atoms with Gasteiger partial charge in [-0.25, -0.2) is 4.68 Å². The third-order valence-corrected chi connectivity index (χ3v) is 5.95. The minimum Gasteiger partial charge on any atom is -0.466 e. The molecule has 10 heteroatoms. The highest BCUT2D eigenvalue weighted by atomic mass is 35.5. The first kappa shape index (κ1) is 28.7. The Morgan fingerprint density at radius 3 is 2.40 bits per heavy atom. The second kappa shape index (κ2) is 12.9. The molecule has 1 aromatic carbocycles. The third kappa shape index (κ3) is 8.54. The molecule has 0 atom stereocenters. The normalized spacial score (nSPS) is 11.3. The lowest BCUT2D eigenvalue weighted by Crippen LogP contribution is -2.39. The van der Waals surface area contributed by atoms with Crippen LogP contribution in [0.4, 0.5) is 5.82 Å². The van der Waals surface area contributed by atoms with Gasteiger partial charge in [-0.05, 0) is 31.5 Å². The molecule has 0 aliphatic heterocycles. The van der Waals surface area contributed by atoms with E-state index >= 15 is 0 Å². The molecule has 0 saturated carbocycles. The Hall–Kier alpha value is -2.58. The monoisotopic (exact) mass is 524 g/mol. The van der Waals surface area contributed by atoms with Gasteiger partial charge in [0.05, 0.1) is 41.0 Å². The zero-order chi connectivity index (χ0) is 26.2. The summed E-state index contributed by atoms with van der Waals surface area (Å²) < 4.78 is 6.49. The van der Waals surface area contributed by atoms with Crippen molar-refractivity contribution in [2.45, 2.75) is 65.7 Å². The highest BCUT2D eigenvalue weighted by molar-refractivity contribution is 6.42. The van der Waals surface area contributed by atoms with Crippen LogP contribution in [-0.2, 0) is 24.5 Å². The molecule has 0 unspecified atom stereocenters. The molecular formula is C25H34Cl2N4O4. The molecule has 0 fully saturated rings. The predicted octanol–water partition coefficient (Wildman–Crippen LogP) is 5.39. The number of unbranched alkanes of at least 4 members (excludes halogenated alkanes) is 1. The lowest BCUT2D eigenvalue weighted by atomic mass is 9.92. The SMILES string of the molecule is CCCCN(CC(=O)Nc1cc(C(C)(C)C)nn1-c1ccc(Cl)c(Cl)c1)C(=O)CCC(=O)OCC. The molecule has 0 saturated heterocycles. The van der Waals surface area contributed by atoms with Gasteiger partial charge in [0.1, 0.15) is 5.82 Å². The van der Waals surface area contributed by atoms with Crippen LogP contribution in [0.25, 0.3) is 5.69 Å². The first-order chi connectivity index (χ1) is 16.5. The van der Waals surface area contributed by atoms with E-state index < -0.39 is 5.97 Å². The molecule has 0 aliphatic carbocycles. The van der Waals surface area contributed by atoms with Crippen LogP contribution >= 0.6 is 23.2 Å². The number of rotatable bonds is 11. The van der Waals surface area contributed by atoms with Gasteiger partial charge in [0.15, 0.2) is 0 Å². The lowest BCUT2D eigenvalue weighted by molar-refractivity contribution is -0.145. The van der Waals surface area contributed by atoms with Crippen molar-refractivity contribution >= 4 is 46.8 Å². The summed E-state index contributed by atoms with van der Waals surface area (Å²) in [6.07, 6.45) is 1.58. The number of nitrogens with zero attached hydrogens (tertiary/aromatic N) is 3. The second-order valence-electron chi connectivity index (χ2n) is 9.20. The van der Waals surface area contributed by atoms with Gasteiger partial charge in [-0.1, -0.05) is 57.3 Å². The van der Waals surface area contributed by atoms with Crippen LogP contribution in [0.1, 0.15) is 66.0 Å². The number of halogens is 2. The average molecular weight is 525 g/mol. The standard InChI is InChI=1S/C25H34Cl2N4O4/c1-6-8-13-30(23(33)11-12-24(34)35-7-2)16-22(32)28-21-15-20(25(3,4)5)29-31(21)17-9-10-18(26)19(27)14-17/h9-10,14-15H,6-8,11-13,16H2,1-5H3,(H,28,32). The van der Waals surface area contributed by atoms with Crippen molar-refractivity contribution in [3.8, 4) is 5.69 Å². The van der Waals surface area contributed by atoms with Crippen molar-refractivity contribution in [3.63, 3.8) is 0 Å². The zero-order valence-electron chi connectivity index (χ0n) is 21.0. The molecule has 1 aromatic heterocycles.